The Morgan fingerprint density at radius 2 is 2.00 bits per heavy atom. The highest BCUT2D eigenvalue weighted by Crippen LogP contribution is 2.12. The van der Waals surface area contributed by atoms with Gasteiger partial charge in [0.1, 0.15) is 0 Å². The maximum Gasteiger partial charge on any atom is 0.307 e. The summed E-state index contributed by atoms with van der Waals surface area (Å²) in [7, 11) is 1.42. The van der Waals surface area contributed by atoms with E-state index in [9.17, 15) is 4.79 Å². The molecule has 0 aliphatic carbocycles. The van der Waals surface area contributed by atoms with E-state index in [2.05, 4.69) is 16.6 Å². The van der Waals surface area contributed by atoms with E-state index >= 15 is 0 Å². The lowest BCUT2D eigenvalue weighted by molar-refractivity contribution is -0.140. The van der Waals surface area contributed by atoms with E-state index in [0.29, 0.717) is 13.0 Å². The maximum atomic E-state index is 11.0. The third kappa shape index (κ3) is 3.62. The average Bonchev–Trinajstić information content (AvgIpc) is 2.31. The second-order valence-electron chi connectivity index (χ2n) is 3.24. The summed E-state index contributed by atoms with van der Waals surface area (Å²) in [6.45, 7) is 3.67. The summed E-state index contributed by atoms with van der Waals surface area (Å²) in [6.07, 6.45) is 0.430. The minimum absolute atomic E-state index is 0.163. The fourth-order valence-corrected chi connectivity index (χ4v) is 1.44. The van der Waals surface area contributed by atoms with Gasteiger partial charge >= 0.3 is 5.97 Å². The van der Waals surface area contributed by atoms with Crippen LogP contribution in [0.5, 0.6) is 0 Å². The molecule has 1 rings (SSSR count). The molecule has 15 heavy (non-hydrogen) atoms. The van der Waals surface area contributed by atoms with E-state index in [-0.39, 0.29) is 5.97 Å². The molecule has 0 saturated heterocycles. The molecule has 0 aliphatic heterocycles. The summed E-state index contributed by atoms with van der Waals surface area (Å²) in [5, 5.41) is 0. The number of hydrogen-bond donors (Lipinski definition) is 0. The smallest absolute Gasteiger partial charge is 0.307 e. The van der Waals surface area contributed by atoms with Crippen LogP contribution in [-0.4, -0.2) is 26.2 Å². The van der Waals surface area contributed by atoms with Crippen LogP contribution in [0.25, 0.3) is 0 Å². The van der Waals surface area contributed by atoms with Crippen molar-refractivity contribution < 1.29 is 9.53 Å². The first-order chi connectivity index (χ1) is 7.27. The van der Waals surface area contributed by atoms with Crippen LogP contribution in [-0.2, 0) is 9.53 Å². The molecule has 0 aliphatic rings. The number of hydrogen-bond acceptors (Lipinski definition) is 3. The van der Waals surface area contributed by atoms with Gasteiger partial charge < -0.3 is 9.64 Å². The Labute approximate surface area is 90.7 Å². The molecule has 1 aromatic rings. The van der Waals surface area contributed by atoms with Gasteiger partial charge in [-0.1, -0.05) is 18.2 Å². The normalized spacial score (nSPS) is 9.73. The number of rotatable bonds is 5. The van der Waals surface area contributed by atoms with Gasteiger partial charge in [-0.05, 0) is 19.1 Å². The molecule has 82 valence electrons. The SMILES string of the molecule is CCN(CCC(=O)OC)c1ccccc1. The standard InChI is InChI=1S/C12H17NO2/c1-3-13(10-9-12(14)15-2)11-7-5-4-6-8-11/h4-8H,3,9-10H2,1-2H3. The molecule has 0 aromatic heterocycles. The highest BCUT2D eigenvalue weighted by molar-refractivity contribution is 5.70. The summed E-state index contributed by atoms with van der Waals surface area (Å²) < 4.78 is 4.62. The fraction of sp³-hybridized carbons (Fsp3) is 0.417. The molecular formula is C12H17NO2. The van der Waals surface area contributed by atoms with Crippen molar-refractivity contribution in [2.45, 2.75) is 13.3 Å². The van der Waals surface area contributed by atoms with E-state index in [4.69, 9.17) is 0 Å². The van der Waals surface area contributed by atoms with Gasteiger partial charge in [0, 0.05) is 18.8 Å². The lowest BCUT2D eigenvalue weighted by Crippen LogP contribution is -2.25. The van der Waals surface area contributed by atoms with E-state index in [1.165, 1.54) is 7.11 Å². The molecule has 0 bridgehead atoms. The summed E-state index contributed by atoms with van der Waals surface area (Å²) in [5.74, 6) is -0.163. The molecule has 0 atom stereocenters. The summed E-state index contributed by atoms with van der Waals surface area (Å²) >= 11 is 0. The zero-order valence-electron chi connectivity index (χ0n) is 9.27. The Hall–Kier alpha value is -1.51. The minimum atomic E-state index is -0.163. The summed E-state index contributed by atoms with van der Waals surface area (Å²) in [4.78, 5) is 13.2. The first-order valence-electron chi connectivity index (χ1n) is 5.14. The van der Waals surface area contributed by atoms with Crippen LogP contribution in [0.15, 0.2) is 30.3 Å². The molecule has 0 N–H and O–H groups in total. The van der Waals surface area contributed by atoms with Crippen LogP contribution in [0, 0.1) is 0 Å². The first kappa shape index (κ1) is 11.6. The van der Waals surface area contributed by atoms with E-state index in [1.54, 1.807) is 0 Å². The molecule has 0 heterocycles. The van der Waals surface area contributed by atoms with Crippen molar-refractivity contribution in [3.8, 4) is 0 Å². The predicted octanol–water partition coefficient (Wildman–Crippen LogP) is 2.08. The zero-order valence-corrected chi connectivity index (χ0v) is 9.27. The first-order valence-corrected chi connectivity index (χ1v) is 5.14. The highest BCUT2D eigenvalue weighted by Gasteiger charge is 2.06. The number of anilines is 1. The van der Waals surface area contributed by atoms with Crippen LogP contribution in [0.2, 0.25) is 0 Å². The molecule has 0 saturated carbocycles. The van der Waals surface area contributed by atoms with Crippen molar-refractivity contribution in [3.05, 3.63) is 30.3 Å². The van der Waals surface area contributed by atoms with Crippen LogP contribution in [0.3, 0.4) is 0 Å². The molecule has 3 heteroatoms. The number of carbonyl (C=O) groups excluding carboxylic acids is 1. The number of methoxy groups -OCH3 is 1. The zero-order chi connectivity index (χ0) is 11.1. The summed E-state index contributed by atoms with van der Waals surface area (Å²) in [5.41, 5.74) is 1.14. The third-order valence-electron chi connectivity index (χ3n) is 2.32. The Bertz CT molecular complexity index is 298. The van der Waals surface area contributed by atoms with Gasteiger partial charge in [0.15, 0.2) is 0 Å². The number of esters is 1. The lowest BCUT2D eigenvalue weighted by atomic mass is 10.2. The van der Waals surface area contributed by atoms with Crippen molar-refractivity contribution in [2.75, 3.05) is 25.1 Å². The van der Waals surface area contributed by atoms with Gasteiger partial charge in [-0.3, -0.25) is 4.79 Å². The van der Waals surface area contributed by atoms with Crippen LogP contribution < -0.4 is 4.90 Å². The van der Waals surface area contributed by atoms with Gasteiger partial charge in [0.05, 0.1) is 13.5 Å². The third-order valence-corrected chi connectivity index (χ3v) is 2.32. The molecule has 0 amide bonds. The fourth-order valence-electron chi connectivity index (χ4n) is 1.44. The second kappa shape index (κ2) is 6.06. The quantitative estimate of drug-likeness (QED) is 0.692. The van der Waals surface area contributed by atoms with Crippen molar-refractivity contribution >= 4 is 11.7 Å². The molecular weight excluding hydrogens is 190 g/mol. The van der Waals surface area contributed by atoms with Gasteiger partial charge in [-0.15, -0.1) is 0 Å². The van der Waals surface area contributed by atoms with E-state index in [1.807, 2.05) is 30.3 Å². The molecule has 0 fully saturated rings. The molecule has 0 spiro atoms. The van der Waals surface area contributed by atoms with Gasteiger partial charge in [0.2, 0.25) is 0 Å². The van der Waals surface area contributed by atoms with E-state index in [0.717, 1.165) is 12.2 Å². The number of nitrogens with zero attached hydrogens (tertiary/aromatic N) is 1. The van der Waals surface area contributed by atoms with Crippen molar-refractivity contribution in [1.82, 2.24) is 0 Å². The number of para-hydroxylation sites is 1. The molecule has 3 nitrogen and oxygen atoms in total. The lowest BCUT2D eigenvalue weighted by Gasteiger charge is -2.22. The second-order valence-corrected chi connectivity index (χ2v) is 3.24. The summed E-state index contributed by atoms with van der Waals surface area (Å²) in [6, 6.07) is 10.1. The molecule has 0 unspecified atom stereocenters. The van der Waals surface area contributed by atoms with Gasteiger partial charge in [0.25, 0.3) is 0 Å². The van der Waals surface area contributed by atoms with Crippen LogP contribution in [0.4, 0.5) is 5.69 Å². The Morgan fingerprint density at radius 1 is 1.33 bits per heavy atom. The predicted molar refractivity (Wildman–Crippen MR) is 61.0 cm³/mol. The number of ether oxygens (including phenoxy) is 1. The van der Waals surface area contributed by atoms with Crippen LogP contribution >= 0.6 is 0 Å². The minimum Gasteiger partial charge on any atom is -0.469 e. The number of benzene rings is 1. The van der Waals surface area contributed by atoms with Gasteiger partial charge in [-0.2, -0.15) is 0 Å². The van der Waals surface area contributed by atoms with Crippen LogP contribution in [0.1, 0.15) is 13.3 Å². The monoisotopic (exact) mass is 207 g/mol. The van der Waals surface area contributed by atoms with E-state index < -0.39 is 0 Å². The average molecular weight is 207 g/mol. The Balaban J connectivity index is 2.53. The van der Waals surface area contributed by atoms with Gasteiger partial charge in [-0.25, -0.2) is 0 Å². The topological polar surface area (TPSA) is 29.5 Å². The number of carbonyl (C=O) groups is 1. The molecule has 0 radical (unpaired) electrons. The Kier molecular flexibility index (Phi) is 4.68. The van der Waals surface area contributed by atoms with Crippen molar-refractivity contribution in [3.63, 3.8) is 0 Å². The maximum absolute atomic E-state index is 11.0. The largest absolute Gasteiger partial charge is 0.469 e. The van der Waals surface area contributed by atoms with Crippen molar-refractivity contribution in [2.24, 2.45) is 0 Å². The Morgan fingerprint density at radius 3 is 2.53 bits per heavy atom. The highest BCUT2D eigenvalue weighted by atomic mass is 16.5. The molecule has 1 aromatic carbocycles. The van der Waals surface area contributed by atoms with Crippen molar-refractivity contribution in [1.29, 1.82) is 0 Å².